The number of benzene rings is 1. The number of anilines is 1. The van der Waals surface area contributed by atoms with Crippen LogP contribution in [0.15, 0.2) is 47.4 Å². The Kier molecular flexibility index (Phi) is 4.54. The second-order valence-electron chi connectivity index (χ2n) is 4.32. The molecule has 0 saturated carbocycles. The summed E-state index contributed by atoms with van der Waals surface area (Å²) in [5.74, 6) is 4.91. The molecule has 0 atom stereocenters. The fourth-order valence-corrected chi connectivity index (χ4v) is 1.72. The minimum atomic E-state index is -0.383. The Morgan fingerprint density at radius 2 is 2.10 bits per heavy atom. The zero-order valence-electron chi connectivity index (χ0n) is 11.5. The minimum Gasteiger partial charge on any atom is -0.384 e. The predicted octanol–water partition coefficient (Wildman–Crippen LogP) is 0.981. The van der Waals surface area contributed by atoms with Gasteiger partial charge in [0.1, 0.15) is 6.61 Å². The number of amides is 1. The Bertz CT molecular complexity index is 782. The summed E-state index contributed by atoms with van der Waals surface area (Å²) in [4.78, 5) is 23.7. The number of nitrogens with one attached hydrogen (secondary N) is 1. The molecule has 0 saturated heterocycles. The summed E-state index contributed by atoms with van der Waals surface area (Å²) in [6, 6.07) is 9.85. The molecule has 5 heteroatoms. The lowest BCUT2D eigenvalue weighted by Gasteiger charge is -2.07. The molecule has 2 rings (SSSR count). The molecule has 1 aromatic carbocycles. The molecule has 5 nitrogen and oxygen atoms in total. The maximum atomic E-state index is 12.1. The van der Waals surface area contributed by atoms with Crippen molar-refractivity contribution in [2.24, 2.45) is 7.05 Å². The monoisotopic (exact) mass is 282 g/mol. The number of aryl methyl sites for hydroxylation is 1. The summed E-state index contributed by atoms with van der Waals surface area (Å²) in [6.07, 6.45) is 1.54. The molecule has 0 aliphatic rings. The molecule has 21 heavy (non-hydrogen) atoms. The second kappa shape index (κ2) is 6.55. The van der Waals surface area contributed by atoms with Crippen molar-refractivity contribution in [3.8, 4) is 11.8 Å². The number of aliphatic hydroxyl groups excluding tert-OH is 1. The lowest BCUT2D eigenvalue weighted by Crippen LogP contribution is -2.20. The quantitative estimate of drug-likeness (QED) is 0.807. The summed E-state index contributed by atoms with van der Waals surface area (Å²) in [6.45, 7) is -0.253. The van der Waals surface area contributed by atoms with Crippen LogP contribution in [0.2, 0.25) is 0 Å². The largest absolute Gasteiger partial charge is 0.384 e. The number of para-hydroxylation sites is 1. The van der Waals surface area contributed by atoms with Gasteiger partial charge in [-0.3, -0.25) is 9.59 Å². The van der Waals surface area contributed by atoms with Crippen molar-refractivity contribution in [3.05, 3.63) is 64.1 Å². The summed E-state index contributed by atoms with van der Waals surface area (Å²) in [5, 5.41) is 11.4. The molecule has 0 bridgehead atoms. The van der Waals surface area contributed by atoms with Gasteiger partial charge >= 0.3 is 0 Å². The zero-order valence-corrected chi connectivity index (χ0v) is 11.5. The van der Waals surface area contributed by atoms with E-state index >= 15 is 0 Å². The molecule has 0 radical (unpaired) electrons. The molecule has 0 aliphatic carbocycles. The Labute approximate surface area is 121 Å². The van der Waals surface area contributed by atoms with Gasteiger partial charge in [0, 0.05) is 30.4 Å². The van der Waals surface area contributed by atoms with Gasteiger partial charge in [-0.1, -0.05) is 24.0 Å². The number of nitrogens with zero attached hydrogens (tertiary/aromatic N) is 1. The second-order valence-corrected chi connectivity index (χ2v) is 4.32. The van der Waals surface area contributed by atoms with Gasteiger partial charge in [-0.05, 0) is 18.2 Å². The van der Waals surface area contributed by atoms with Crippen molar-refractivity contribution in [1.29, 1.82) is 0 Å². The minimum absolute atomic E-state index is 0.253. The normalized spacial score (nSPS) is 9.62. The van der Waals surface area contributed by atoms with E-state index < -0.39 is 0 Å². The van der Waals surface area contributed by atoms with Gasteiger partial charge in [0.2, 0.25) is 0 Å². The van der Waals surface area contributed by atoms with Gasteiger partial charge in [-0.25, -0.2) is 0 Å². The molecular weight excluding hydrogens is 268 g/mol. The first-order chi connectivity index (χ1) is 10.1. The highest BCUT2D eigenvalue weighted by Crippen LogP contribution is 2.14. The molecule has 1 amide bonds. The van der Waals surface area contributed by atoms with E-state index in [0.717, 1.165) is 0 Å². The van der Waals surface area contributed by atoms with E-state index in [1.165, 1.54) is 16.8 Å². The van der Waals surface area contributed by atoms with Crippen molar-refractivity contribution in [2.75, 3.05) is 11.9 Å². The molecule has 1 aromatic heterocycles. The van der Waals surface area contributed by atoms with Crippen molar-refractivity contribution >= 4 is 11.6 Å². The number of aromatic nitrogens is 1. The highest BCUT2D eigenvalue weighted by molar-refractivity contribution is 6.04. The van der Waals surface area contributed by atoms with Gasteiger partial charge in [0.25, 0.3) is 11.5 Å². The molecule has 0 aliphatic heterocycles. The molecule has 106 valence electrons. The van der Waals surface area contributed by atoms with Crippen LogP contribution in [0.1, 0.15) is 15.9 Å². The van der Waals surface area contributed by atoms with Crippen LogP contribution in [0.25, 0.3) is 0 Å². The number of pyridine rings is 1. The van der Waals surface area contributed by atoms with Gasteiger partial charge < -0.3 is 15.0 Å². The van der Waals surface area contributed by atoms with Crippen LogP contribution in [0.3, 0.4) is 0 Å². The third kappa shape index (κ3) is 3.59. The third-order valence-electron chi connectivity index (χ3n) is 2.84. The first-order valence-electron chi connectivity index (χ1n) is 6.28. The Morgan fingerprint density at radius 3 is 2.81 bits per heavy atom. The van der Waals surface area contributed by atoms with Gasteiger partial charge in [-0.15, -0.1) is 0 Å². The maximum Gasteiger partial charge on any atom is 0.255 e. The highest BCUT2D eigenvalue weighted by Gasteiger charge is 2.09. The van der Waals surface area contributed by atoms with Crippen molar-refractivity contribution in [3.63, 3.8) is 0 Å². The van der Waals surface area contributed by atoms with Crippen LogP contribution >= 0.6 is 0 Å². The van der Waals surface area contributed by atoms with Crippen LogP contribution in [-0.2, 0) is 7.05 Å². The maximum absolute atomic E-state index is 12.1. The van der Waals surface area contributed by atoms with Crippen LogP contribution in [-0.4, -0.2) is 22.2 Å². The molecular formula is C16H14N2O3. The van der Waals surface area contributed by atoms with E-state index in [4.69, 9.17) is 5.11 Å². The third-order valence-corrected chi connectivity index (χ3v) is 2.84. The van der Waals surface area contributed by atoms with E-state index in [2.05, 4.69) is 17.2 Å². The van der Waals surface area contributed by atoms with E-state index in [9.17, 15) is 9.59 Å². The number of rotatable bonds is 2. The first-order valence-corrected chi connectivity index (χ1v) is 6.28. The lowest BCUT2D eigenvalue weighted by molar-refractivity contribution is 0.102. The standard InChI is InChI=1S/C16H14N2O3/c1-18-9-8-13(11-15(18)20)16(21)17-14-7-3-2-5-12(14)6-4-10-19/h2-3,5,7-9,11,19H,10H2,1H3,(H,17,21). The zero-order chi connectivity index (χ0) is 15.2. The number of hydrogen-bond donors (Lipinski definition) is 2. The number of carbonyl (C=O) groups excluding carboxylic acids is 1. The summed E-state index contributed by atoms with van der Waals surface area (Å²) in [7, 11) is 1.61. The van der Waals surface area contributed by atoms with E-state index in [0.29, 0.717) is 11.3 Å². The molecule has 1 heterocycles. The van der Waals surface area contributed by atoms with Crippen LogP contribution in [0.5, 0.6) is 0 Å². The average Bonchev–Trinajstić information content (AvgIpc) is 2.49. The number of aliphatic hydroxyl groups is 1. The summed E-state index contributed by atoms with van der Waals surface area (Å²) in [5.41, 5.74) is 1.16. The molecule has 2 N–H and O–H groups in total. The summed E-state index contributed by atoms with van der Waals surface area (Å²) < 4.78 is 1.39. The lowest BCUT2D eigenvalue weighted by atomic mass is 10.1. The SMILES string of the molecule is Cn1ccc(C(=O)Nc2ccccc2C#CCO)cc1=O. The van der Waals surface area contributed by atoms with Gasteiger partial charge in [0.05, 0.1) is 5.69 Å². The van der Waals surface area contributed by atoms with E-state index in [-0.39, 0.29) is 23.6 Å². The predicted molar refractivity (Wildman–Crippen MR) is 80.0 cm³/mol. The highest BCUT2D eigenvalue weighted by atomic mass is 16.2. The fraction of sp³-hybridized carbons (Fsp3) is 0.125. The van der Waals surface area contributed by atoms with Crippen molar-refractivity contribution < 1.29 is 9.90 Å². The molecule has 0 spiro atoms. The number of hydrogen-bond acceptors (Lipinski definition) is 3. The Morgan fingerprint density at radius 1 is 1.33 bits per heavy atom. The molecule has 0 unspecified atom stereocenters. The fourth-order valence-electron chi connectivity index (χ4n) is 1.72. The Hall–Kier alpha value is -2.84. The van der Waals surface area contributed by atoms with E-state index in [1.54, 1.807) is 37.4 Å². The molecule has 2 aromatic rings. The Balaban J connectivity index is 2.27. The van der Waals surface area contributed by atoms with Crippen LogP contribution in [0, 0.1) is 11.8 Å². The van der Waals surface area contributed by atoms with Crippen molar-refractivity contribution in [1.82, 2.24) is 4.57 Å². The summed E-state index contributed by atoms with van der Waals surface area (Å²) >= 11 is 0. The smallest absolute Gasteiger partial charge is 0.255 e. The first kappa shape index (κ1) is 14.6. The number of carbonyl (C=O) groups is 1. The van der Waals surface area contributed by atoms with Gasteiger partial charge in [0.15, 0.2) is 0 Å². The van der Waals surface area contributed by atoms with E-state index in [1.807, 2.05) is 0 Å². The average molecular weight is 282 g/mol. The van der Waals surface area contributed by atoms with Crippen molar-refractivity contribution in [2.45, 2.75) is 0 Å². The van der Waals surface area contributed by atoms with Crippen LogP contribution in [0.4, 0.5) is 5.69 Å². The molecule has 0 fully saturated rings. The van der Waals surface area contributed by atoms with Gasteiger partial charge in [-0.2, -0.15) is 0 Å². The topological polar surface area (TPSA) is 71.3 Å². The van der Waals surface area contributed by atoms with Crippen LogP contribution < -0.4 is 10.9 Å².